The van der Waals surface area contributed by atoms with Gasteiger partial charge in [-0.1, -0.05) is 12.8 Å². The highest BCUT2D eigenvalue weighted by molar-refractivity contribution is 5.95. The zero-order valence-electron chi connectivity index (χ0n) is 19.5. The molecular weight excluding hydrogens is 488 g/mol. The molecule has 2 aliphatic rings. The van der Waals surface area contributed by atoms with Gasteiger partial charge in [-0.05, 0) is 18.8 Å². The summed E-state index contributed by atoms with van der Waals surface area (Å²) in [5.74, 6) is 0.515. The molecule has 0 amide bonds. The first-order valence-electron chi connectivity index (χ1n) is 11.9. The molecule has 1 saturated heterocycles. The standard InChI is InChI=1S/C23H26N6O8/c24-6-5-13(11-3-1-2-4-11)29-9-12(7-28-29)16-15-14(8-25-20(15)27-10-26-16)35-21-18(31)17(30)19(32)22(36-21)37-23(33)34/h7-11,13,17-19,21-22,30-32H,1-5H2,(H,33,34)(H,25,26,27). The second-order valence-corrected chi connectivity index (χ2v) is 9.13. The smallest absolute Gasteiger partial charge is 0.459 e. The molecule has 14 nitrogen and oxygen atoms in total. The summed E-state index contributed by atoms with van der Waals surface area (Å²) >= 11 is 0. The number of H-pyrrole nitrogens is 1. The predicted octanol–water partition coefficient (Wildman–Crippen LogP) is 1.30. The molecule has 1 aliphatic heterocycles. The second kappa shape index (κ2) is 10.3. The van der Waals surface area contributed by atoms with E-state index in [1.807, 2.05) is 6.20 Å². The molecule has 5 N–H and O–H groups in total. The number of aromatic nitrogens is 5. The van der Waals surface area contributed by atoms with Crippen molar-refractivity contribution in [3.63, 3.8) is 0 Å². The first kappa shape index (κ1) is 24.9. The molecule has 6 atom stereocenters. The van der Waals surface area contributed by atoms with Crippen molar-refractivity contribution in [2.75, 3.05) is 0 Å². The lowest BCUT2D eigenvalue weighted by atomic mass is 9.96. The van der Waals surface area contributed by atoms with Gasteiger partial charge in [0.2, 0.25) is 12.6 Å². The van der Waals surface area contributed by atoms with Crippen LogP contribution < -0.4 is 4.74 Å². The maximum absolute atomic E-state index is 10.9. The largest absolute Gasteiger partial charge is 0.508 e. The van der Waals surface area contributed by atoms with Gasteiger partial charge in [-0.3, -0.25) is 9.42 Å². The van der Waals surface area contributed by atoms with Crippen LogP contribution in [0.5, 0.6) is 5.75 Å². The predicted molar refractivity (Wildman–Crippen MR) is 123 cm³/mol. The van der Waals surface area contributed by atoms with Gasteiger partial charge in [0.05, 0.1) is 35.8 Å². The Morgan fingerprint density at radius 2 is 1.97 bits per heavy atom. The lowest BCUT2D eigenvalue weighted by molar-refractivity contribution is -0.321. The molecule has 0 aromatic carbocycles. The molecule has 3 aromatic heterocycles. The lowest BCUT2D eigenvalue weighted by Gasteiger charge is -2.38. The zero-order chi connectivity index (χ0) is 26.1. The topological polar surface area (TPSA) is 209 Å². The number of nitrogens with one attached hydrogen (secondary N) is 1. The van der Waals surface area contributed by atoms with E-state index < -0.39 is 37.0 Å². The highest BCUT2D eigenvalue weighted by atomic mass is 16.8. The molecule has 0 spiro atoms. The molecule has 1 aliphatic carbocycles. The number of hydrogen-bond acceptors (Lipinski definition) is 11. The Kier molecular flexibility index (Phi) is 6.94. The van der Waals surface area contributed by atoms with E-state index in [-0.39, 0.29) is 11.8 Å². The summed E-state index contributed by atoms with van der Waals surface area (Å²) in [4.78, 5) is 22.5. The van der Waals surface area contributed by atoms with Crippen molar-refractivity contribution in [1.29, 1.82) is 5.26 Å². The third-order valence-corrected chi connectivity index (χ3v) is 6.88. The number of carboxylic acid groups (broad SMARTS) is 1. The maximum atomic E-state index is 10.9. The lowest BCUT2D eigenvalue weighted by Crippen LogP contribution is -2.60. The summed E-state index contributed by atoms with van der Waals surface area (Å²) in [5.41, 5.74) is 1.51. The Bertz CT molecular complexity index is 1300. The van der Waals surface area contributed by atoms with Gasteiger partial charge in [0.15, 0.2) is 5.75 Å². The number of carbonyl (C=O) groups is 1. The number of fused-ring (bicyclic) bond motifs is 1. The van der Waals surface area contributed by atoms with Gasteiger partial charge >= 0.3 is 6.16 Å². The number of rotatable bonds is 7. The summed E-state index contributed by atoms with van der Waals surface area (Å²) in [6.45, 7) is 0. The molecule has 196 valence electrons. The van der Waals surface area contributed by atoms with E-state index in [4.69, 9.17) is 14.6 Å². The van der Waals surface area contributed by atoms with Crippen LogP contribution >= 0.6 is 0 Å². The molecule has 5 rings (SSSR count). The minimum atomic E-state index is -1.82. The minimum absolute atomic E-state index is 0.0506. The van der Waals surface area contributed by atoms with Crippen molar-refractivity contribution in [2.24, 2.45) is 5.92 Å². The van der Waals surface area contributed by atoms with Crippen LogP contribution in [0.3, 0.4) is 0 Å². The van der Waals surface area contributed by atoms with Gasteiger partial charge < -0.3 is 34.9 Å². The van der Waals surface area contributed by atoms with Crippen molar-refractivity contribution >= 4 is 17.2 Å². The third kappa shape index (κ3) is 4.81. The minimum Gasteiger partial charge on any atom is -0.459 e. The Hall–Kier alpha value is -3.77. The van der Waals surface area contributed by atoms with Crippen LogP contribution in [0.1, 0.15) is 38.1 Å². The van der Waals surface area contributed by atoms with E-state index in [9.17, 15) is 25.4 Å². The van der Waals surface area contributed by atoms with E-state index in [1.165, 1.54) is 12.5 Å². The van der Waals surface area contributed by atoms with Crippen LogP contribution in [0.15, 0.2) is 24.9 Å². The van der Waals surface area contributed by atoms with Gasteiger partial charge in [0.1, 0.15) is 30.3 Å². The normalized spacial score (nSPS) is 27.1. The van der Waals surface area contributed by atoms with Crippen molar-refractivity contribution < 1.29 is 39.4 Å². The van der Waals surface area contributed by atoms with Gasteiger partial charge in [-0.2, -0.15) is 10.4 Å². The van der Waals surface area contributed by atoms with Crippen molar-refractivity contribution in [1.82, 2.24) is 24.7 Å². The molecule has 6 unspecified atom stereocenters. The molecule has 37 heavy (non-hydrogen) atoms. The fourth-order valence-electron chi connectivity index (χ4n) is 5.04. The van der Waals surface area contributed by atoms with E-state index in [0.29, 0.717) is 34.6 Å². The molecular formula is C23H26N6O8. The number of hydrogen-bond donors (Lipinski definition) is 5. The van der Waals surface area contributed by atoms with Crippen LogP contribution in [-0.2, 0) is 9.47 Å². The Morgan fingerprint density at radius 3 is 2.70 bits per heavy atom. The zero-order valence-corrected chi connectivity index (χ0v) is 19.5. The quantitative estimate of drug-likeness (QED) is 0.283. The number of ether oxygens (including phenoxy) is 3. The van der Waals surface area contributed by atoms with Gasteiger partial charge in [0.25, 0.3) is 0 Å². The summed E-state index contributed by atoms with van der Waals surface area (Å²) in [5, 5.41) is 53.7. The first-order chi connectivity index (χ1) is 17.9. The summed E-state index contributed by atoms with van der Waals surface area (Å²) in [7, 11) is 0. The number of nitriles is 1. The van der Waals surface area contributed by atoms with Crippen LogP contribution in [0.2, 0.25) is 0 Å². The van der Waals surface area contributed by atoms with Gasteiger partial charge in [0, 0.05) is 18.0 Å². The van der Waals surface area contributed by atoms with Crippen molar-refractivity contribution in [2.45, 2.75) is 69.0 Å². The van der Waals surface area contributed by atoms with Gasteiger partial charge in [-0.15, -0.1) is 0 Å². The van der Waals surface area contributed by atoms with Crippen LogP contribution in [0, 0.1) is 17.2 Å². The SMILES string of the molecule is N#CCC(C1CCCC1)n1cc(-c2ncnc3[nH]cc(OC4OC(OC(=O)O)C(O)C(O)C4O)c23)cn1. The van der Waals surface area contributed by atoms with E-state index >= 15 is 0 Å². The summed E-state index contributed by atoms with van der Waals surface area (Å²) in [6, 6.07) is 2.21. The van der Waals surface area contributed by atoms with Crippen LogP contribution in [-0.4, -0.2) is 82.2 Å². The van der Waals surface area contributed by atoms with Crippen molar-refractivity contribution in [3.8, 4) is 23.1 Å². The first-order valence-corrected chi connectivity index (χ1v) is 11.9. The Morgan fingerprint density at radius 1 is 1.22 bits per heavy atom. The third-order valence-electron chi connectivity index (χ3n) is 6.88. The molecule has 0 radical (unpaired) electrons. The number of nitrogens with zero attached hydrogens (tertiary/aromatic N) is 5. The maximum Gasteiger partial charge on any atom is 0.508 e. The summed E-state index contributed by atoms with van der Waals surface area (Å²) < 4.78 is 17.3. The monoisotopic (exact) mass is 514 g/mol. The molecule has 14 heteroatoms. The Labute approximate surface area is 210 Å². The molecule has 1 saturated carbocycles. The second-order valence-electron chi connectivity index (χ2n) is 9.13. The average Bonchev–Trinajstić information content (AvgIpc) is 3.65. The summed E-state index contributed by atoms with van der Waals surface area (Å²) in [6.07, 6.45) is 0.539. The van der Waals surface area contributed by atoms with E-state index in [0.717, 1.165) is 25.7 Å². The Balaban J connectivity index is 1.45. The van der Waals surface area contributed by atoms with Gasteiger partial charge in [-0.25, -0.2) is 14.8 Å². The number of aromatic amines is 1. The van der Waals surface area contributed by atoms with Crippen molar-refractivity contribution in [3.05, 3.63) is 24.9 Å². The van der Waals surface area contributed by atoms with E-state index in [1.54, 1.807) is 10.9 Å². The fourth-order valence-corrected chi connectivity index (χ4v) is 5.04. The average molecular weight is 514 g/mol. The highest BCUT2D eigenvalue weighted by Crippen LogP contribution is 2.38. The number of aliphatic hydroxyl groups excluding tert-OH is 3. The van der Waals surface area contributed by atoms with Crippen LogP contribution in [0.4, 0.5) is 4.79 Å². The number of aliphatic hydroxyl groups is 3. The molecule has 0 bridgehead atoms. The van der Waals surface area contributed by atoms with E-state index in [2.05, 4.69) is 30.9 Å². The van der Waals surface area contributed by atoms with Crippen LogP contribution in [0.25, 0.3) is 22.3 Å². The molecule has 2 fully saturated rings. The fraction of sp³-hybridized carbons (Fsp3) is 0.522. The highest BCUT2D eigenvalue weighted by Gasteiger charge is 2.47. The molecule has 3 aromatic rings. The molecule has 4 heterocycles.